The van der Waals surface area contributed by atoms with Crippen molar-refractivity contribution in [3.05, 3.63) is 27.7 Å². The van der Waals surface area contributed by atoms with Crippen molar-refractivity contribution < 1.29 is 14.6 Å². The Balaban J connectivity index is 1.84. The van der Waals surface area contributed by atoms with E-state index in [9.17, 15) is 5.11 Å². The lowest BCUT2D eigenvalue weighted by molar-refractivity contribution is 0.0980. The van der Waals surface area contributed by atoms with Gasteiger partial charge in [-0.2, -0.15) is 0 Å². The van der Waals surface area contributed by atoms with Gasteiger partial charge in [-0.05, 0) is 37.8 Å². The minimum absolute atomic E-state index is 0.138. The predicted octanol–water partition coefficient (Wildman–Crippen LogP) is 3.82. The lowest BCUT2D eigenvalue weighted by Gasteiger charge is -2.13. The molecule has 1 aliphatic heterocycles. The first-order valence-electron chi connectivity index (χ1n) is 6.54. The summed E-state index contributed by atoms with van der Waals surface area (Å²) in [7, 11) is 0. The highest BCUT2D eigenvalue weighted by Crippen LogP contribution is 2.32. The fourth-order valence-corrected chi connectivity index (χ4v) is 2.84. The minimum atomic E-state index is -0.138. The smallest absolute Gasteiger partial charge is 0.143 e. The Labute approximate surface area is 123 Å². The third kappa shape index (κ3) is 4.25. The van der Waals surface area contributed by atoms with Gasteiger partial charge in [0.25, 0.3) is 0 Å². The zero-order valence-electron chi connectivity index (χ0n) is 10.7. The van der Waals surface area contributed by atoms with E-state index >= 15 is 0 Å². The molecule has 0 spiro atoms. The van der Waals surface area contributed by atoms with Crippen LogP contribution in [0.25, 0.3) is 0 Å². The van der Waals surface area contributed by atoms with Crippen LogP contribution >= 0.6 is 23.2 Å². The number of hydrogen-bond donors (Lipinski definition) is 1. The molecular weight excluding hydrogens is 287 g/mol. The van der Waals surface area contributed by atoms with Crippen LogP contribution < -0.4 is 4.74 Å². The van der Waals surface area contributed by atoms with Gasteiger partial charge >= 0.3 is 0 Å². The average molecular weight is 305 g/mol. The van der Waals surface area contributed by atoms with Crippen LogP contribution in [0.1, 0.15) is 31.2 Å². The second-order valence-corrected chi connectivity index (χ2v) is 5.50. The van der Waals surface area contributed by atoms with Crippen molar-refractivity contribution in [2.75, 3.05) is 13.2 Å². The van der Waals surface area contributed by atoms with Crippen molar-refractivity contribution >= 4 is 23.2 Å². The molecule has 1 unspecified atom stereocenters. The molecule has 1 heterocycles. The number of aliphatic hydroxyl groups excluding tert-OH is 1. The summed E-state index contributed by atoms with van der Waals surface area (Å²) in [6.45, 7) is 1.30. The number of halogens is 2. The first-order chi connectivity index (χ1) is 9.20. The highest BCUT2D eigenvalue weighted by atomic mass is 35.5. The van der Waals surface area contributed by atoms with Gasteiger partial charge in [-0.15, -0.1) is 0 Å². The lowest BCUT2D eigenvalue weighted by atomic mass is 10.1. The molecule has 3 nitrogen and oxygen atoms in total. The standard InChI is InChI=1S/C14H18Cl2O3/c15-11-7-10(9-17)14(13(16)8-11)19-6-2-4-12-3-1-5-18-12/h7-8,12,17H,1-6,9H2. The third-order valence-corrected chi connectivity index (χ3v) is 3.70. The molecule has 0 bridgehead atoms. The first kappa shape index (κ1) is 14.9. The van der Waals surface area contributed by atoms with Gasteiger partial charge in [0.1, 0.15) is 5.75 Å². The molecule has 1 aromatic carbocycles. The Morgan fingerprint density at radius 2 is 2.21 bits per heavy atom. The number of ether oxygens (including phenoxy) is 2. The van der Waals surface area contributed by atoms with Crippen molar-refractivity contribution in [1.29, 1.82) is 0 Å². The SMILES string of the molecule is OCc1cc(Cl)cc(Cl)c1OCCCC1CCCO1. The fourth-order valence-electron chi connectivity index (χ4n) is 2.25. The van der Waals surface area contributed by atoms with Crippen LogP contribution in [0.5, 0.6) is 5.75 Å². The molecule has 0 saturated carbocycles. The van der Waals surface area contributed by atoms with Gasteiger partial charge in [0, 0.05) is 17.2 Å². The monoisotopic (exact) mass is 304 g/mol. The van der Waals surface area contributed by atoms with E-state index in [2.05, 4.69) is 0 Å². The second kappa shape index (κ2) is 7.34. The maximum absolute atomic E-state index is 9.28. The van der Waals surface area contributed by atoms with E-state index in [0.29, 0.717) is 34.1 Å². The molecule has 5 heteroatoms. The molecule has 0 aromatic heterocycles. The summed E-state index contributed by atoms with van der Waals surface area (Å²) in [5.41, 5.74) is 0.620. The summed E-state index contributed by atoms with van der Waals surface area (Å²) in [4.78, 5) is 0. The highest BCUT2D eigenvalue weighted by Gasteiger charge is 2.15. The molecule has 106 valence electrons. The van der Waals surface area contributed by atoms with E-state index in [4.69, 9.17) is 32.7 Å². The van der Waals surface area contributed by atoms with Crippen LogP contribution in [0.4, 0.5) is 0 Å². The van der Waals surface area contributed by atoms with E-state index in [1.807, 2.05) is 0 Å². The first-order valence-corrected chi connectivity index (χ1v) is 7.29. The average Bonchev–Trinajstić information content (AvgIpc) is 2.89. The Kier molecular flexibility index (Phi) is 5.76. The number of benzene rings is 1. The van der Waals surface area contributed by atoms with Gasteiger partial charge in [-0.25, -0.2) is 0 Å². The molecule has 2 rings (SSSR count). The lowest BCUT2D eigenvalue weighted by Crippen LogP contribution is -2.08. The molecule has 0 radical (unpaired) electrons. The van der Waals surface area contributed by atoms with E-state index < -0.39 is 0 Å². The van der Waals surface area contributed by atoms with Crippen LogP contribution in [0.15, 0.2) is 12.1 Å². The number of hydrogen-bond acceptors (Lipinski definition) is 3. The van der Waals surface area contributed by atoms with Gasteiger partial charge in [0.15, 0.2) is 0 Å². The van der Waals surface area contributed by atoms with Gasteiger partial charge in [0.05, 0.1) is 24.3 Å². The van der Waals surface area contributed by atoms with Crippen LogP contribution in [0.3, 0.4) is 0 Å². The van der Waals surface area contributed by atoms with Gasteiger partial charge in [0.2, 0.25) is 0 Å². The normalized spacial score (nSPS) is 18.8. The zero-order valence-corrected chi connectivity index (χ0v) is 12.2. The largest absolute Gasteiger partial charge is 0.492 e. The Bertz CT molecular complexity index is 417. The van der Waals surface area contributed by atoms with Gasteiger partial charge in [-0.3, -0.25) is 0 Å². The fraction of sp³-hybridized carbons (Fsp3) is 0.571. The van der Waals surface area contributed by atoms with Crippen LogP contribution in [0, 0.1) is 0 Å². The third-order valence-electron chi connectivity index (χ3n) is 3.20. The van der Waals surface area contributed by atoms with Crippen LogP contribution in [-0.4, -0.2) is 24.4 Å². The maximum Gasteiger partial charge on any atom is 0.143 e. The second-order valence-electron chi connectivity index (χ2n) is 4.66. The molecule has 0 amide bonds. The van der Waals surface area contributed by atoms with E-state index in [1.54, 1.807) is 12.1 Å². The Hall–Kier alpha value is -0.480. The summed E-state index contributed by atoms with van der Waals surface area (Å²) in [6.07, 6.45) is 4.59. The Morgan fingerprint density at radius 3 is 2.89 bits per heavy atom. The van der Waals surface area contributed by atoms with Gasteiger partial charge < -0.3 is 14.6 Å². The number of aliphatic hydroxyl groups is 1. The van der Waals surface area contributed by atoms with Crippen molar-refractivity contribution in [1.82, 2.24) is 0 Å². The summed E-state index contributed by atoms with van der Waals surface area (Å²) in [5, 5.41) is 10.2. The minimum Gasteiger partial charge on any atom is -0.492 e. The zero-order chi connectivity index (χ0) is 13.7. The van der Waals surface area contributed by atoms with E-state index in [1.165, 1.54) is 0 Å². The summed E-state index contributed by atoms with van der Waals surface area (Å²) in [6, 6.07) is 3.29. The predicted molar refractivity (Wildman–Crippen MR) is 76.1 cm³/mol. The van der Waals surface area contributed by atoms with E-state index in [-0.39, 0.29) is 6.61 Å². The van der Waals surface area contributed by atoms with Crippen LogP contribution in [0.2, 0.25) is 10.0 Å². The van der Waals surface area contributed by atoms with Gasteiger partial charge in [-0.1, -0.05) is 23.2 Å². The van der Waals surface area contributed by atoms with Crippen molar-refractivity contribution in [3.63, 3.8) is 0 Å². The molecule has 1 fully saturated rings. The van der Waals surface area contributed by atoms with Crippen molar-refractivity contribution in [2.24, 2.45) is 0 Å². The quantitative estimate of drug-likeness (QED) is 0.812. The van der Waals surface area contributed by atoms with Crippen molar-refractivity contribution in [3.8, 4) is 5.75 Å². The summed E-state index contributed by atoms with van der Waals surface area (Å²) in [5.74, 6) is 0.529. The highest BCUT2D eigenvalue weighted by molar-refractivity contribution is 6.35. The molecule has 1 aliphatic rings. The topological polar surface area (TPSA) is 38.7 Å². The van der Waals surface area contributed by atoms with E-state index in [0.717, 1.165) is 32.3 Å². The molecule has 1 atom stereocenters. The summed E-state index contributed by atoms with van der Waals surface area (Å²) >= 11 is 12.0. The molecule has 1 N–H and O–H groups in total. The molecule has 0 aliphatic carbocycles. The number of rotatable bonds is 6. The molecular formula is C14H18Cl2O3. The maximum atomic E-state index is 9.28. The molecule has 1 aromatic rings. The molecule has 1 saturated heterocycles. The van der Waals surface area contributed by atoms with Crippen LogP contribution in [-0.2, 0) is 11.3 Å². The summed E-state index contributed by atoms with van der Waals surface area (Å²) < 4.78 is 11.2. The van der Waals surface area contributed by atoms with Crippen molar-refractivity contribution in [2.45, 2.75) is 38.4 Å². The molecule has 19 heavy (non-hydrogen) atoms. The Morgan fingerprint density at radius 1 is 1.37 bits per heavy atom.